The Morgan fingerprint density at radius 1 is 1.26 bits per heavy atom. The summed E-state index contributed by atoms with van der Waals surface area (Å²) in [4.78, 5) is 15.0. The number of carbonyl (C=O) groups excluding carboxylic acids is 1. The molecule has 0 aliphatic carbocycles. The summed E-state index contributed by atoms with van der Waals surface area (Å²) in [5.74, 6) is 0.446. The number of hydrogen-bond donors (Lipinski definition) is 2. The van der Waals surface area contributed by atoms with Crippen LogP contribution < -0.4 is 15.8 Å². The molecule has 1 saturated heterocycles. The van der Waals surface area contributed by atoms with Gasteiger partial charge in [0.15, 0.2) is 0 Å². The van der Waals surface area contributed by atoms with Crippen molar-refractivity contribution in [3.05, 3.63) is 52.0 Å². The van der Waals surface area contributed by atoms with Gasteiger partial charge in [-0.2, -0.15) is 0 Å². The molecule has 0 spiro atoms. The van der Waals surface area contributed by atoms with Gasteiger partial charge in [0.1, 0.15) is 5.75 Å². The number of rotatable bonds is 5. The molecule has 2 aromatic carbocycles. The molecule has 144 valence electrons. The molecule has 1 aliphatic rings. The number of nitrogens with two attached hydrogens (primary N) is 1. The van der Waals surface area contributed by atoms with E-state index in [2.05, 4.69) is 16.3 Å². The van der Waals surface area contributed by atoms with Crippen molar-refractivity contribution in [1.29, 1.82) is 0 Å². The number of methoxy groups -OCH3 is 1. The third-order valence-corrected chi connectivity index (χ3v) is 5.39. The maximum Gasteiger partial charge on any atom is 0.227 e. The second-order valence-corrected chi connectivity index (χ2v) is 7.59. The Hall–Kier alpha value is -1.95. The van der Waals surface area contributed by atoms with Gasteiger partial charge < -0.3 is 15.8 Å². The Labute approximate surface area is 169 Å². The van der Waals surface area contributed by atoms with Crippen molar-refractivity contribution in [3.8, 4) is 5.75 Å². The number of hydrogen-bond acceptors (Lipinski definition) is 4. The van der Waals surface area contributed by atoms with Crippen molar-refractivity contribution in [1.82, 2.24) is 4.90 Å². The topological polar surface area (TPSA) is 67.6 Å². The summed E-state index contributed by atoms with van der Waals surface area (Å²) in [6.45, 7) is 2.57. The van der Waals surface area contributed by atoms with E-state index in [0.717, 1.165) is 37.5 Å². The minimum absolute atomic E-state index is 0.0171. The molecule has 3 N–H and O–H groups in total. The summed E-state index contributed by atoms with van der Waals surface area (Å²) >= 11 is 12.1. The van der Waals surface area contributed by atoms with Gasteiger partial charge in [-0.25, -0.2) is 0 Å². The Bertz CT molecular complexity index is 821. The van der Waals surface area contributed by atoms with E-state index in [1.165, 1.54) is 12.7 Å². The Morgan fingerprint density at radius 2 is 2.00 bits per heavy atom. The highest BCUT2D eigenvalue weighted by Crippen LogP contribution is 2.33. The summed E-state index contributed by atoms with van der Waals surface area (Å²) in [6, 6.07) is 11.1. The van der Waals surface area contributed by atoms with Crippen molar-refractivity contribution in [2.24, 2.45) is 5.92 Å². The van der Waals surface area contributed by atoms with E-state index in [9.17, 15) is 4.79 Å². The van der Waals surface area contributed by atoms with Crippen molar-refractivity contribution >= 4 is 40.5 Å². The molecule has 0 bridgehead atoms. The van der Waals surface area contributed by atoms with Gasteiger partial charge in [-0.1, -0.05) is 35.3 Å². The molecule has 0 aromatic heterocycles. The number of halogens is 2. The minimum Gasteiger partial charge on any atom is -0.494 e. The molecule has 27 heavy (non-hydrogen) atoms. The van der Waals surface area contributed by atoms with Crippen molar-refractivity contribution in [3.63, 3.8) is 0 Å². The van der Waals surface area contributed by atoms with Crippen LogP contribution in [0.25, 0.3) is 0 Å². The number of nitrogens with one attached hydrogen (secondary N) is 1. The number of nitrogen functional groups attached to an aromatic ring is 1. The summed E-state index contributed by atoms with van der Waals surface area (Å²) in [7, 11) is 1.53. The van der Waals surface area contributed by atoms with Crippen LogP contribution in [0.2, 0.25) is 10.0 Å². The van der Waals surface area contributed by atoms with E-state index >= 15 is 0 Å². The molecule has 7 heteroatoms. The second kappa shape index (κ2) is 8.83. The maximum atomic E-state index is 12.7. The Morgan fingerprint density at radius 3 is 2.67 bits per heavy atom. The number of likely N-dealkylation sites (tertiary alicyclic amines) is 1. The van der Waals surface area contributed by atoms with E-state index in [4.69, 9.17) is 33.7 Å². The summed E-state index contributed by atoms with van der Waals surface area (Å²) in [5.41, 5.74) is 7.94. The summed E-state index contributed by atoms with van der Waals surface area (Å²) in [6.07, 6.45) is 1.61. The minimum atomic E-state index is -0.0401. The molecule has 5 nitrogen and oxygen atoms in total. The highest BCUT2D eigenvalue weighted by molar-refractivity contribution is 6.33. The van der Waals surface area contributed by atoms with Crippen LogP contribution in [0.15, 0.2) is 36.4 Å². The average Bonchev–Trinajstić information content (AvgIpc) is 2.65. The van der Waals surface area contributed by atoms with Gasteiger partial charge in [0.2, 0.25) is 5.91 Å². The predicted octanol–water partition coefficient (Wildman–Crippen LogP) is 4.43. The van der Waals surface area contributed by atoms with E-state index in [1.807, 2.05) is 18.2 Å². The van der Waals surface area contributed by atoms with Gasteiger partial charge in [0, 0.05) is 23.6 Å². The molecule has 0 atom stereocenters. The molecule has 1 aliphatic heterocycles. The normalized spacial score (nSPS) is 15.5. The number of piperidine rings is 1. The number of ether oxygens (including phenoxy) is 1. The lowest BCUT2D eigenvalue weighted by Crippen LogP contribution is -2.37. The third kappa shape index (κ3) is 5.06. The van der Waals surface area contributed by atoms with Crippen LogP contribution >= 0.6 is 23.2 Å². The number of nitrogens with zero attached hydrogens (tertiary/aromatic N) is 1. The van der Waals surface area contributed by atoms with Gasteiger partial charge >= 0.3 is 0 Å². The largest absolute Gasteiger partial charge is 0.494 e. The first-order valence-electron chi connectivity index (χ1n) is 8.87. The fraction of sp³-hybridized carbons (Fsp3) is 0.350. The number of amides is 1. The smallest absolute Gasteiger partial charge is 0.227 e. The first-order valence-corrected chi connectivity index (χ1v) is 9.62. The predicted molar refractivity (Wildman–Crippen MR) is 110 cm³/mol. The fourth-order valence-electron chi connectivity index (χ4n) is 3.32. The molecule has 1 fully saturated rings. The van der Waals surface area contributed by atoms with Crippen LogP contribution in [0.3, 0.4) is 0 Å². The Balaban J connectivity index is 1.56. The molecule has 2 aromatic rings. The molecule has 1 amide bonds. The zero-order valence-electron chi connectivity index (χ0n) is 15.2. The van der Waals surface area contributed by atoms with E-state index < -0.39 is 0 Å². The van der Waals surface area contributed by atoms with Crippen molar-refractivity contribution in [2.45, 2.75) is 19.4 Å². The third-order valence-electron chi connectivity index (χ3n) is 4.83. The first-order chi connectivity index (χ1) is 13.0. The zero-order valence-corrected chi connectivity index (χ0v) is 16.7. The van der Waals surface area contributed by atoms with E-state index in [0.29, 0.717) is 22.1 Å². The molecule has 0 saturated carbocycles. The molecular weight excluding hydrogens is 385 g/mol. The molecule has 3 rings (SSSR count). The van der Waals surface area contributed by atoms with Gasteiger partial charge in [0.25, 0.3) is 0 Å². The maximum absolute atomic E-state index is 12.7. The zero-order chi connectivity index (χ0) is 19.4. The van der Waals surface area contributed by atoms with Crippen molar-refractivity contribution < 1.29 is 9.53 Å². The van der Waals surface area contributed by atoms with Crippen LogP contribution in [-0.2, 0) is 11.3 Å². The first kappa shape index (κ1) is 19.8. The van der Waals surface area contributed by atoms with Crippen LogP contribution in [0.1, 0.15) is 18.4 Å². The highest BCUT2D eigenvalue weighted by atomic mass is 35.5. The van der Waals surface area contributed by atoms with Crippen LogP contribution in [0.5, 0.6) is 5.75 Å². The van der Waals surface area contributed by atoms with Crippen molar-refractivity contribution in [2.75, 3.05) is 31.2 Å². The lowest BCUT2D eigenvalue weighted by atomic mass is 9.95. The molecule has 0 radical (unpaired) electrons. The Kier molecular flexibility index (Phi) is 6.47. The quantitative estimate of drug-likeness (QED) is 0.718. The molecular formula is C20H23Cl2N3O2. The van der Waals surface area contributed by atoms with Crippen LogP contribution in [-0.4, -0.2) is 31.0 Å². The van der Waals surface area contributed by atoms with Crippen LogP contribution in [0, 0.1) is 5.92 Å². The molecule has 1 heterocycles. The van der Waals surface area contributed by atoms with E-state index in [-0.39, 0.29) is 11.8 Å². The van der Waals surface area contributed by atoms with E-state index in [1.54, 1.807) is 12.1 Å². The SMILES string of the molecule is COc1cc(N)c(Cl)cc1NC(=O)C1CCN(Cc2cccc(Cl)c2)CC1. The summed E-state index contributed by atoms with van der Waals surface area (Å²) in [5, 5.41) is 4.07. The standard InChI is InChI=1S/C20H23Cl2N3O2/c1-27-19-11-17(23)16(22)10-18(19)24-20(26)14-5-7-25(8-6-14)12-13-3-2-4-15(21)9-13/h2-4,9-11,14H,5-8,12,23H2,1H3,(H,24,26). The summed E-state index contributed by atoms with van der Waals surface area (Å²) < 4.78 is 5.29. The van der Waals surface area contributed by atoms with Gasteiger partial charge in [-0.15, -0.1) is 0 Å². The lowest BCUT2D eigenvalue weighted by molar-refractivity contribution is -0.121. The fourth-order valence-corrected chi connectivity index (χ4v) is 3.69. The number of anilines is 2. The highest BCUT2D eigenvalue weighted by Gasteiger charge is 2.26. The second-order valence-electron chi connectivity index (χ2n) is 6.74. The lowest BCUT2D eigenvalue weighted by Gasteiger charge is -2.31. The van der Waals surface area contributed by atoms with Gasteiger partial charge in [-0.3, -0.25) is 9.69 Å². The average molecular weight is 408 g/mol. The number of benzene rings is 2. The molecule has 0 unspecified atom stereocenters. The monoisotopic (exact) mass is 407 g/mol. The van der Waals surface area contributed by atoms with Gasteiger partial charge in [-0.05, 0) is 49.7 Å². The number of carbonyl (C=O) groups is 1. The van der Waals surface area contributed by atoms with Crippen LogP contribution in [0.4, 0.5) is 11.4 Å². The van der Waals surface area contributed by atoms with Gasteiger partial charge in [0.05, 0.1) is 23.5 Å².